The normalized spacial score (nSPS) is 16.7. The van der Waals surface area contributed by atoms with E-state index in [1.54, 1.807) is 14.2 Å². The van der Waals surface area contributed by atoms with Crippen molar-refractivity contribution in [2.45, 2.75) is 158 Å². The molecule has 7 rings (SSSR count). The van der Waals surface area contributed by atoms with Crippen LogP contribution < -0.4 is 14.2 Å². The van der Waals surface area contributed by atoms with Crippen LogP contribution >= 0.6 is 43.5 Å². The SMILES string of the molecule is CC(C)[C@@H]1C[C@@H]1c1cccc(C(F)(F)F)c1.CC(C)[C@H]1C[C@H]1c1cccc(C(F)(F)F)c1.CCCOc1ccc(CCC(C)C)cc1Cl.COc1ccc(Br)cc1CCC(C)C.COc1ccc(CCC(C)C)cc1Br. The summed E-state index contributed by atoms with van der Waals surface area (Å²) in [5.41, 5.74) is 4.57. The van der Waals surface area contributed by atoms with Gasteiger partial charge in [-0.1, -0.05) is 152 Å². The van der Waals surface area contributed by atoms with Gasteiger partial charge in [-0.25, -0.2) is 0 Å². The Morgan fingerprint density at radius 2 is 0.974 bits per heavy atom. The molecule has 12 heteroatoms. The lowest BCUT2D eigenvalue weighted by Gasteiger charge is -2.10. The van der Waals surface area contributed by atoms with E-state index in [2.05, 4.69) is 132 Å². The molecule has 422 valence electrons. The van der Waals surface area contributed by atoms with Gasteiger partial charge in [-0.15, -0.1) is 0 Å². The highest BCUT2D eigenvalue weighted by atomic mass is 79.9. The number of aryl methyl sites for hydroxylation is 3. The second-order valence-corrected chi connectivity index (χ2v) is 24.3. The maximum absolute atomic E-state index is 12.5. The lowest BCUT2D eigenvalue weighted by molar-refractivity contribution is -0.138. The Hall–Kier alpha value is -3.67. The number of hydrogen-bond donors (Lipinski definition) is 0. The van der Waals surface area contributed by atoms with Gasteiger partial charge in [0.1, 0.15) is 17.2 Å². The van der Waals surface area contributed by atoms with Gasteiger partial charge in [0, 0.05) is 4.47 Å². The number of alkyl halides is 6. The number of methoxy groups -OCH3 is 2. The van der Waals surface area contributed by atoms with Crippen LogP contribution in [0.1, 0.15) is 165 Å². The molecule has 4 atom stereocenters. The zero-order valence-electron chi connectivity index (χ0n) is 47.2. The third kappa shape index (κ3) is 24.1. The highest BCUT2D eigenvalue weighted by Crippen LogP contribution is 2.53. The Morgan fingerprint density at radius 3 is 1.36 bits per heavy atom. The molecule has 0 aromatic heterocycles. The summed E-state index contributed by atoms with van der Waals surface area (Å²) in [6, 6.07) is 30.1. The van der Waals surface area contributed by atoms with Crippen LogP contribution in [0.15, 0.2) is 112 Å². The molecule has 2 aliphatic carbocycles. The molecule has 76 heavy (non-hydrogen) atoms. The van der Waals surface area contributed by atoms with Gasteiger partial charge in [-0.2, -0.15) is 26.3 Å². The predicted octanol–water partition coefficient (Wildman–Crippen LogP) is 21.7. The number of ether oxygens (including phenoxy) is 3. The first kappa shape index (κ1) is 66.6. The van der Waals surface area contributed by atoms with E-state index in [4.69, 9.17) is 25.8 Å². The zero-order chi connectivity index (χ0) is 56.9. The fourth-order valence-corrected chi connectivity index (χ4v) is 10.0. The molecule has 0 amide bonds. The van der Waals surface area contributed by atoms with Crippen LogP contribution in [-0.4, -0.2) is 20.8 Å². The second-order valence-electron chi connectivity index (χ2n) is 22.1. The van der Waals surface area contributed by atoms with Crippen molar-refractivity contribution in [3.8, 4) is 17.2 Å². The summed E-state index contributed by atoms with van der Waals surface area (Å²) >= 11 is 13.1. The van der Waals surface area contributed by atoms with Crippen molar-refractivity contribution in [1.82, 2.24) is 0 Å². The quantitative estimate of drug-likeness (QED) is 0.0819. The first-order chi connectivity index (χ1) is 35.7. The first-order valence-corrected chi connectivity index (χ1v) is 29.0. The Kier molecular flexibility index (Phi) is 28.4. The van der Waals surface area contributed by atoms with Crippen LogP contribution in [0.5, 0.6) is 17.2 Å². The average Bonchev–Trinajstić information content (AvgIpc) is 4.30. The largest absolute Gasteiger partial charge is 0.496 e. The first-order valence-electron chi connectivity index (χ1n) is 27.1. The summed E-state index contributed by atoms with van der Waals surface area (Å²) in [5, 5.41) is 0.731. The molecule has 0 radical (unpaired) electrons. The van der Waals surface area contributed by atoms with E-state index in [0.717, 1.165) is 117 Å². The highest BCUT2D eigenvalue weighted by molar-refractivity contribution is 9.10. The van der Waals surface area contributed by atoms with E-state index in [0.29, 0.717) is 35.5 Å². The van der Waals surface area contributed by atoms with Gasteiger partial charge in [0.15, 0.2) is 0 Å². The molecular weight excluding hydrogens is 1130 g/mol. The minimum Gasteiger partial charge on any atom is -0.496 e. The molecule has 0 unspecified atom stereocenters. The standard InChI is InChI=1S/C14H21ClO.2C13H15F3.2C12H17BrO/c1-4-9-16-14-8-7-12(10-13(14)15)6-5-11(2)3;2*1-8(2)11-7-12(11)9-4-3-5-10(6-9)13(14,15)16;1-9(2)4-5-10-8-11(13)6-7-12(10)14-3;1-9(2)4-5-10-6-7-12(14-3)11(13)8-10/h7-8,10-11H,4-6,9H2,1-3H3;2*3-6,8,11-12H,7H2,1-2H3;2*6-9H,4-5H2,1-3H3/t;2*11-,12+;;/m.10../s1. The van der Waals surface area contributed by atoms with Crippen LogP contribution in [0.3, 0.4) is 0 Å². The molecule has 2 fully saturated rings. The van der Waals surface area contributed by atoms with Gasteiger partial charge in [-0.3, -0.25) is 0 Å². The Morgan fingerprint density at radius 1 is 0.539 bits per heavy atom. The van der Waals surface area contributed by atoms with Crippen molar-refractivity contribution < 1.29 is 40.6 Å². The second kappa shape index (κ2) is 32.4. The summed E-state index contributed by atoms with van der Waals surface area (Å²) in [7, 11) is 3.41. The summed E-state index contributed by atoms with van der Waals surface area (Å²) in [5.74, 6) is 7.82. The third-order valence-corrected chi connectivity index (χ3v) is 15.0. The molecule has 0 bridgehead atoms. The third-order valence-electron chi connectivity index (χ3n) is 13.6. The molecule has 5 aromatic rings. The van der Waals surface area contributed by atoms with E-state index in [1.165, 1.54) is 60.2 Å². The van der Waals surface area contributed by atoms with Crippen LogP contribution in [0.25, 0.3) is 0 Å². The van der Waals surface area contributed by atoms with Crippen molar-refractivity contribution in [3.05, 3.63) is 156 Å². The summed E-state index contributed by atoms with van der Waals surface area (Å²) in [6.07, 6.45) is 1.56. The summed E-state index contributed by atoms with van der Waals surface area (Å²) < 4.78 is 93.2. The van der Waals surface area contributed by atoms with Crippen molar-refractivity contribution in [3.63, 3.8) is 0 Å². The maximum Gasteiger partial charge on any atom is 0.416 e. The van der Waals surface area contributed by atoms with E-state index < -0.39 is 23.5 Å². The summed E-state index contributed by atoms with van der Waals surface area (Å²) in [4.78, 5) is 0. The van der Waals surface area contributed by atoms with Crippen molar-refractivity contribution >= 4 is 43.5 Å². The molecule has 0 aliphatic heterocycles. The van der Waals surface area contributed by atoms with Gasteiger partial charge in [0.05, 0.1) is 41.4 Å². The smallest absolute Gasteiger partial charge is 0.416 e. The topological polar surface area (TPSA) is 27.7 Å². The van der Waals surface area contributed by atoms with Gasteiger partial charge in [0.25, 0.3) is 0 Å². The number of hydrogen-bond acceptors (Lipinski definition) is 3. The predicted molar refractivity (Wildman–Crippen MR) is 312 cm³/mol. The molecule has 5 aromatic carbocycles. The number of halogens is 9. The van der Waals surface area contributed by atoms with Crippen molar-refractivity contribution in [2.24, 2.45) is 41.4 Å². The van der Waals surface area contributed by atoms with E-state index in [9.17, 15) is 26.3 Å². The summed E-state index contributed by atoms with van der Waals surface area (Å²) in [6.45, 7) is 24.8. The van der Waals surface area contributed by atoms with Crippen LogP contribution in [0.4, 0.5) is 26.3 Å². The highest BCUT2D eigenvalue weighted by Gasteiger charge is 2.42. The Bertz CT molecular complexity index is 2390. The van der Waals surface area contributed by atoms with Gasteiger partial charge in [0.2, 0.25) is 0 Å². The van der Waals surface area contributed by atoms with E-state index in [-0.39, 0.29) is 0 Å². The molecule has 0 N–H and O–H groups in total. The fraction of sp³-hybridized carbons (Fsp3) is 0.531. The van der Waals surface area contributed by atoms with Crippen LogP contribution in [-0.2, 0) is 31.6 Å². The molecule has 0 saturated heterocycles. The minimum absolute atomic E-state index is 0.335. The zero-order valence-corrected chi connectivity index (χ0v) is 51.1. The monoisotopic (exact) mass is 1210 g/mol. The molecule has 0 heterocycles. The van der Waals surface area contributed by atoms with Gasteiger partial charge in [-0.05, 0) is 209 Å². The van der Waals surface area contributed by atoms with Gasteiger partial charge < -0.3 is 14.2 Å². The number of rotatable bonds is 18. The van der Waals surface area contributed by atoms with Crippen LogP contribution in [0, 0.1) is 41.4 Å². The molecular formula is C64H85Br2ClF6O3. The van der Waals surface area contributed by atoms with Gasteiger partial charge >= 0.3 is 12.4 Å². The van der Waals surface area contributed by atoms with E-state index in [1.807, 2.05) is 42.5 Å². The Balaban J connectivity index is 0.000000251. The van der Waals surface area contributed by atoms with E-state index >= 15 is 0 Å². The fourth-order valence-electron chi connectivity index (χ4n) is 8.75. The molecule has 2 saturated carbocycles. The van der Waals surface area contributed by atoms with Crippen LogP contribution in [0.2, 0.25) is 5.02 Å². The lowest BCUT2D eigenvalue weighted by Crippen LogP contribution is -2.05. The number of benzene rings is 5. The van der Waals surface area contributed by atoms with Crippen molar-refractivity contribution in [1.29, 1.82) is 0 Å². The van der Waals surface area contributed by atoms with Crippen molar-refractivity contribution in [2.75, 3.05) is 20.8 Å². The molecule has 0 spiro atoms. The average molecular weight is 1210 g/mol. The Labute approximate surface area is 474 Å². The molecule has 2 aliphatic rings. The minimum atomic E-state index is -4.22. The maximum atomic E-state index is 12.5. The molecule has 3 nitrogen and oxygen atoms in total. The lowest BCUT2D eigenvalue weighted by atomic mass is 10.0.